The summed E-state index contributed by atoms with van der Waals surface area (Å²) in [4.78, 5) is 11.7. The Morgan fingerprint density at radius 3 is 2.69 bits per heavy atom. The average Bonchev–Trinajstić information content (AvgIpc) is 2.28. The van der Waals surface area contributed by atoms with Gasteiger partial charge in [0.15, 0.2) is 0 Å². The van der Waals surface area contributed by atoms with Crippen molar-refractivity contribution >= 4 is 18.3 Å². The Kier molecular flexibility index (Phi) is 6.53. The molecule has 90 valence electrons. The zero-order valence-electron chi connectivity index (χ0n) is 9.40. The maximum absolute atomic E-state index is 11.7. The molecule has 0 aromatic heterocycles. The van der Waals surface area contributed by atoms with Gasteiger partial charge >= 0.3 is 0 Å². The van der Waals surface area contributed by atoms with E-state index in [1.54, 1.807) is 25.3 Å². The van der Waals surface area contributed by atoms with Gasteiger partial charge < -0.3 is 15.8 Å². The van der Waals surface area contributed by atoms with E-state index in [-0.39, 0.29) is 24.4 Å². The lowest BCUT2D eigenvalue weighted by atomic mass is 10.2. The second-order valence-corrected chi connectivity index (χ2v) is 3.31. The molecule has 1 amide bonds. The quantitative estimate of drug-likeness (QED) is 0.837. The third-order valence-electron chi connectivity index (χ3n) is 2.08. The number of nitrogens with one attached hydrogen (secondary N) is 1. The molecule has 0 aliphatic carbocycles. The summed E-state index contributed by atoms with van der Waals surface area (Å²) < 4.78 is 5.09. The Bertz CT molecular complexity index is 345. The maximum Gasteiger partial charge on any atom is 0.255 e. The van der Waals surface area contributed by atoms with Gasteiger partial charge in [-0.05, 0) is 19.1 Å². The molecule has 0 heterocycles. The molecule has 1 atom stereocenters. The number of ether oxygens (including phenoxy) is 1. The Morgan fingerprint density at radius 1 is 1.50 bits per heavy atom. The molecule has 0 saturated carbocycles. The summed E-state index contributed by atoms with van der Waals surface area (Å²) in [5.74, 6) is 0.407. The van der Waals surface area contributed by atoms with Crippen LogP contribution >= 0.6 is 12.4 Å². The molecule has 16 heavy (non-hydrogen) atoms. The second-order valence-electron chi connectivity index (χ2n) is 3.31. The monoisotopic (exact) mass is 244 g/mol. The normalized spacial score (nSPS) is 11.2. The molecular weight excluding hydrogens is 228 g/mol. The van der Waals surface area contributed by atoms with E-state index < -0.39 is 0 Å². The molecule has 0 saturated heterocycles. The predicted octanol–water partition coefficient (Wildman–Crippen LogP) is 1.19. The van der Waals surface area contributed by atoms with Crippen molar-refractivity contribution in [2.45, 2.75) is 13.0 Å². The molecule has 0 fully saturated rings. The molecular formula is C11H17ClN2O2. The first kappa shape index (κ1) is 14.7. The van der Waals surface area contributed by atoms with Crippen molar-refractivity contribution in [3.8, 4) is 5.75 Å². The van der Waals surface area contributed by atoms with Crippen LogP contribution in [0.3, 0.4) is 0 Å². The molecule has 3 N–H and O–H groups in total. The van der Waals surface area contributed by atoms with E-state index in [1.807, 2.05) is 13.0 Å². The number of carbonyl (C=O) groups excluding carboxylic acids is 1. The van der Waals surface area contributed by atoms with Gasteiger partial charge in [0.2, 0.25) is 0 Å². The highest BCUT2D eigenvalue weighted by Gasteiger charge is 2.12. The van der Waals surface area contributed by atoms with Crippen LogP contribution < -0.4 is 15.8 Å². The zero-order chi connectivity index (χ0) is 11.3. The lowest BCUT2D eigenvalue weighted by Gasteiger charge is -2.13. The summed E-state index contributed by atoms with van der Waals surface area (Å²) in [7, 11) is 1.54. The van der Waals surface area contributed by atoms with E-state index in [0.29, 0.717) is 17.9 Å². The van der Waals surface area contributed by atoms with Gasteiger partial charge in [0.05, 0.1) is 12.7 Å². The van der Waals surface area contributed by atoms with Gasteiger partial charge in [0.25, 0.3) is 5.91 Å². The topological polar surface area (TPSA) is 64.3 Å². The van der Waals surface area contributed by atoms with Gasteiger partial charge in [0, 0.05) is 12.6 Å². The van der Waals surface area contributed by atoms with Crippen molar-refractivity contribution < 1.29 is 9.53 Å². The summed E-state index contributed by atoms with van der Waals surface area (Å²) in [6.45, 7) is 2.27. The summed E-state index contributed by atoms with van der Waals surface area (Å²) in [5.41, 5.74) is 5.95. The van der Waals surface area contributed by atoms with E-state index in [1.165, 1.54) is 0 Å². The molecule has 0 bridgehead atoms. The lowest BCUT2D eigenvalue weighted by molar-refractivity contribution is 0.0938. The van der Waals surface area contributed by atoms with Crippen LogP contribution in [0, 0.1) is 0 Å². The van der Waals surface area contributed by atoms with Crippen molar-refractivity contribution in [3.05, 3.63) is 29.8 Å². The van der Waals surface area contributed by atoms with E-state index in [9.17, 15) is 4.79 Å². The number of rotatable bonds is 4. The number of hydrogen-bond donors (Lipinski definition) is 2. The Balaban J connectivity index is 0.00000225. The smallest absolute Gasteiger partial charge is 0.255 e. The summed E-state index contributed by atoms with van der Waals surface area (Å²) in [5, 5.41) is 2.78. The number of methoxy groups -OCH3 is 1. The van der Waals surface area contributed by atoms with Gasteiger partial charge in [-0.25, -0.2) is 0 Å². The average molecular weight is 245 g/mol. The summed E-state index contributed by atoms with van der Waals surface area (Å²) in [6.07, 6.45) is 0. The minimum absolute atomic E-state index is 0. The van der Waals surface area contributed by atoms with Crippen LogP contribution in [0.5, 0.6) is 5.75 Å². The predicted molar refractivity (Wildman–Crippen MR) is 66.2 cm³/mol. The Morgan fingerprint density at radius 2 is 2.12 bits per heavy atom. The standard InChI is InChI=1S/C11H16N2O2.ClH/c1-8(7-12)13-11(14)9-5-3-4-6-10(9)15-2;/h3-6,8H,7,12H2,1-2H3,(H,13,14);1H/t8-;/m0./s1. The van der Waals surface area contributed by atoms with Crippen LogP contribution in [0.15, 0.2) is 24.3 Å². The maximum atomic E-state index is 11.7. The fourth-order valence-electron chi connectivity index (χ4n) is 1.19. The number of halogens is 1. The molecule has 5 heteroatoms. The summed E-state index contributed by atoms with van der Waals surface area (Å²) >= 11 is 0. The number of para-hydroxylation sites is 1. The first-order chi connectivity index (χ1) is 7.19. The number of amides is 1. The number of nitrogens with two attached hydrogens (primary N) is 1. The van der Waals surface area contributed by atoms with Crippen LogP contribution in [0.2, 0.25) is 0 Å². The van der Waals surface area contributed by atoms with Crippen LogP contribution in [0.25, 0.3) is 0 Å². The molecule has 1 rings (SSSR count). The zero-order valence-corrected chi connectivity index (χ0v) is 10.2. The van der Waals surface area contributed by atoms with Crippen LogP contribution in [-0.4, -0.2) is 25.6 Å². The highest BCUT2D eigenvalue weighted by Crippen LogP contribution is 2.16. The SMILES string of the molecule is COc1ccccc1C(=O)N[C@@H](C)CN.Cl. The largest absolute Gasteiger partial charge is 0.496 e. The highest BCUT2D eigenvalue weighted by atomic mass is 35.5. The van der Waals surface area contributed by atoms with Crippen LogP contribution in [0.1, 0.15) is 17.3 Å². The Hall–Kier alpha value is -1.26. The highest BCUT2D eigenvalue weighted by molar-refractivity contribution is 5.97. The third-order valence-corrected chi connectivity index (χ3v) is 2.08. The fraction of sp³-hybridized carbons (Fsp3) is 0.364. The molecule has 0 aliphatic heterocycles. The first-order valence-electron chi connectivity index (χ1n) is 4.83. The minimum atomic E-state index is -0.162. The third kappa shape index (κ3) is 3.72. The molecule has 0 unspecified atom stereocenters. The first-order valence-corrected chi connectivity index (χ1v) is 4.83. The van der Waals surface area contributed by atoms with Gasteiger partial charge in [-0.2, -0.15) is 0 Å². The number of carbonyl (C=O) groups is 1. The molecule has 1 aromatic rings. The number of hydrogen-bond acceptors (Lipinski definition) is 3. The van der Waals surface area contributed by atoms with Crippen molar-refractivity contribution in [3.63, 3.8) is 0 Å². The Labute approximate surface area is 102 Å². The molecule has 0 radical (unpaired) electrons. The molecule has 1 aromatic carbocycles. The fourth-order valence-corrected chi connectivity index (χ4v) is 1.19. The van der Waals surface area contributed by atoms with E-state index in [4.69, 9.17) is 10.5 Å². The van der Waals surface area contributed by atoms with E-state index >= 15 is 0 Å². The minimum Gasteiger partial charge on any atom is -0.496 e. The number of benzene rings is 1. The van der Waals surface area contributed by atoms with Gasteiger partial charge in [-0.1, -0.05) is 12.1 Å². The molecule has 0 spiro atoms. The summed E-state index contributed by atoms with van der Waals surface area (Å²) in [6, 6.07) is 7.05. The van der Waals surface area contributed by atoms with E-state index in [2.05, 4.69) is 5.32 Å². The van der Waals surface area contributed by atoms with Crippen molar-refractivity contribution in [2.75, 3.05) is 13.7 Å². The second kappa shape index (κ2) is 7.09. The van der Waals surface area contributed by atoms with E-state index in [0.717, 1.165) is 0 Å². The van der Waals surface area contributed by atoms with Crippen molar-refractivity contribution in [1.82, 2.24) is 5.32 Å². The van der Waals surface area contributed by atoms with Crippen molar-refractivity contribution in [1.29, 1.82) is 0 Å². The van der Waals surface area contributed by atoms with Gasteiger partial charge in [-0.15, -0.1) is 12.4 Å². The van der Waals surface area contributed by atoms with Crippen molar-refractivity contribution in [2.24, 2.45) is 5.73 Å². The van der Waals surface area contributed by atoms with Crippen LogP contribution in [0.4, 0.5) is 0 Å². The molecule has 4 nitrogen and oxygen atoms in total. The van der Waals surface area contributed by atoms with Crippen LogP contribution in [-0.2, 0) is 0 Å². The molecule has 0 aliphatic rings. The van der Waals surface area contributed by atoms with Gasteiger partial charge in [0.1, 0.15) is 5.75 Å². The lowest BCUT2D eigenvalue weighted by Crippen LogP contribution is -2.37. The van der Waals surface area contributed by atoms with Gasteiger partial charge in [-0.3, -0.25) is 4.79 Å².